The molecule has 0 radical (unpaired) electrons. The van der Waals surface area contributed by atoms with Crippen LogP contribution in [-0.4, -0.2) is 0 Å². The summed E-state index contributed by atoms with van der Waals surface area (Å²) in [6, 6.07) is 52.8. The van der Waals surface area contributed by atoms with E-state index in [9.17, 15) is 0 Å². The average molecular weight is 789 g/mol. The molecule has 0 amide bonds. The Kier molecular flexibility index (Phi) is 7.40. The van der Waals surface area contributed by atoms with E-state index in [1.165, 1.54) is 127 Å². The monoisotopic (exact) mass is 788 g/mol. The fourth-order valence-corrected chi connectivity index (χ4v) is 12.9. The summed E-state index contributed by atoms with van der Waals surface area (Å²) in [5, 5.41) is 8.36. The molecule has 7 aliphatic carbocycles. The largest absolute Gasteiger partial charge is 0.0836 e. The summed E-state index contributed by atoms with van der Waals surface area (Å²) in [5.74, 6) is 0.865. The first-order valence-corrected chi connectivity index (χ1v) is 22.8. The minimum absolute atomic E-state index is 0.250. The minimum Gasteiger partial charge on any atom is -0.0836 e. The van der Waals surface area contributed by atoms with Crippen molar-refractivity contribution in [1.29, 1.82) is 0 Å². The highest BCUT2D eigenvalue weighted by molar-refractivity contribution is 6.30. The average Bonchev–Trinajstić information content (AvgIpc) is 3.84. The van der Waals surface area contributed by atoms with Gasteiger partial charge in [-0.2, -0.15) is 0 Å². The lowest BCUT2D eigenvalue weighted by Crippen LogP contribution is -2.33. The van der Waals surface area contributed by atoms with E-state index >= 15 is 0 Å². The first-order chi connectivity index (χ1) is 30.8. The summed E-state index contributed by atoms with van der Waals surface area (Å²) in [6.07, 6.45) is 25.3. The van der Waals surface area contributed by atoms with Crippen LogP contribution in [0.3, 0.4) is 0 Å². The van der Waals surface area contributed by atoms with E-state index in [2.05, 4.69) is 188 Å². The number of rotatable bonds is 4. The molecule has 7 aromatic carbocycles. The van der Waals surface area contributed by atoms with Crippen LogP contribution in [0, 0.1) is 11.8 Å². The van der Waals surface area contributed by atoms with Crippen molar-refractivity contribution in [3.63, 3.8) is 0 Å². The molecule has 62 heavy (non-hydrogen) atoms. The molecule has 0 heteroatoms. The van der Waals surface area contributed by atoms with Gasteiger partial charge in [0.15, 0.2) is 0 Å². The van der Waals surface area contributed by atoms with Gasteiger partial charge in [-0.1, -0.05) is 182 Å². The van der Waals surface area contributed by atoms with Gasteiger partial charge in [-0.15, -0.1) is 0 Å². The van der Waals surface area contributed by atoms with E-state index in [4.69, 9.17) is 0 Å². The van der Waals surface area contributed by atoms with Crippen LogP contribution in [0.2, 0.25) is 0 Å². The van der Waals surface area contributed by atoms with Gasteiger partial charge >= 0.3 is 0 Å². The molecule has 14 rings (SSSR count). The Balaban J connectivity index is 1.07. The zero-order chi connectivity index (χ0) is 40.5. The fourth-order valence-electron chi connectivity index (χ4n) is 12.9. The van der Waals surface area contributed by atoms with Crippen molar-refractivity contribution < 1.29 is 0 Å². The molecule has 0 saturated heterocycles. The summed E-state index contributed by atoms with van der Waals surface area (Å²) in [4.78, 5) is 0. The Labute approximate surface area is 363 Å². The summed E-state index contributed by atoms with van der Waals surface area (Å²) in [5.41, 5.74) is 24.5. The van der Waals surface area contributed by atoms with Gasteiger partial charge in [0.05, 0.1) is 0 Å². The lowest BCUT2D eigenvalue weighted by molar-refractivity contribution is 0.657. The van der Waals surface area contributed by atoms with Gasteiger partial charge in [0, 0.05) is 17.8 Å². The highest BCUT2D eigenvalue weighted by Gasteiger charge is 2.46. The van der Waals surface area contributed by atoms with Gasteiger partial charge in [0.25, 0.3) is 0 Å². The molecule has 292 valence electrons. The molecular formula is C62H44. The smallest absolute Gasteiger partial charge is 0.0206 e. The van der Waals surface area contributed by atoms with Crippen molar-refractivity contribution in [2.45, 2.75) is 38.0 Å². The summed E-state index contributed by atoms with van der Waals surface area (Å²) in [6.45, 7) is 0. The van der Waals surface area contributed by atoms with Crippen LogP contribution >= 0.6 is 0 Å². The second-order valence-electron chi connectivity index (χ2n) is 18.3. The molecule has 0 fully saturated rings. The number of hydrogen-bond donors (Lipinski definition) is 0. The summed E-state index contributed by atoms with van der Waals surface area (Å²) in [7, 11) is 0. The fraction of sp³-hybridized carbons (Fsp3) is 0.129. The zero-order valence-electron chi connectivity index (χ0n) is 34.7. The Morgan fingerprint density at radius 2 is 1.32 bits per heavy atom. The SMILES string of the molecule is C1=CC2C3=C(C=C4c5c(c(-c6ccccc6)c6cc7c8c(cccc8c6c5-c5ccccc5)C5=C7CCC=C5)C(=C1)C42)CCC(C1=c2ccccc2=CCC1c1ccccc1)=C3. The van der Waals surface area contributed by atoms with E-state index in [0.717, 1.165) is 32.1 Å². The summed E-state index contributed by atoms with van der Waals surface area (Å²) >= 11 is 0. The minimum atomic E-state index is 0.250. The molecule has 0 N–H and O–H groups in total. The van der Waals surface area contributed by atoms with Gasteiger partial charge in [-0.25, -0.2) is 0 Å². The lowest BCUT2D eigenvalue weighted by Gasteiger charge is -2.36. The van der Waals surface area contributed by atoms with Crippen molar-refractivity contribution in [3.05, 3.63) is 237 Å². The molecule has 0 spiro atoms. The molecule has 0 aromatic heterocycles. The van der Waals surface area contributed by atoms with Gasteiger partial charge in [0.1, 0.15) is 0 Å². The van der Waals surface area contributed by atoms with Gasteiger partial charge < -0.3 is 0 Å². The van der Waals surface area contributed by atoms with Gasteiger partial charge in [0.2, 0.25) is 0 Å². The summed E-state index contributed by atoms with van der Waals surface area (Å²) < 4.78 is 0. The van der Waals surface area contributed by atoms with Crippen molar-refractivity contribution >= 4 is 55.5 Å². The Morgan fingerprint density at radius 3 is 2.16 bits per heavy atom. The van der Waals surface area contributed by atoms with Crippen LogP contribution in [0.5, 0.6) is 0 Å². The molecule has 0 aliphatic heterocycles. The van der Waals surface area contributed by atoms with Crippen LogP contribution < -0.4 is 10.4 Å². The molecule has 0 nitrogen and oxygen atoms in total. The number of benzene rings is 7. The van der Waals surface area contributed by atoms with Crippen LogP contribution in [0.1, 0.15) is 65.8 Å². The first-order valence-electron chi connectivity index (χ1n) is 22.8. The molecule has 0 saturated carbocycles. The topological polar surface area (TPSA) is 0 Å². The Bertz CT molecular complexity index is 3500. The highest BCUT2D eigenvalue weighted by atomic mass is 14.5. The molecule has 7 aliphatic rings. The van der Waals surface area contributed by atoms with Crippen molar-refractivity contribution in [2.75, 3.05) is 0 Å². The van der Waals surface area contributed by atoms with Crippen molar-refractivity contribution in [2.24, 2.45) is 11.8 Å². The van der Waals surface area contributed by atoms with Crippen LogP contribution in [0.4, 0.5) is 0 Å². The van der Waals surface area contributed by atoms with Gasteiger partial charge in [-0.3, -0.25) is 0 Å². The third-order valence-electron chi connectivity index (χ3n) is 15.3. The second-order valence-corrected chi connectivity index (χ2v) is 18.3. The van der Waals surface area contributed by atoms with Crippen LogP contribution in [0.15, 0.2) is 199 Å². The third kappa shape index (κ3) is 4.78. The molecule has 7 aromatic rings. The van der Waals surface area contributed by atoms with E-state index in [1.54, 1.807) is 0 Å². The lowest BCUT2D eigenvalue weighted by atomic mass is 9.67. The maximum atomic E-state index is 2.67. The zero-order valence-corrected chi connectivity index (χ0v) is 34.7. The second kappa shape index (κ2) is 13.2. The Hall–Kier alpha value is -7.02. The molecule has 3 unspecified atom stereocenters. The van der Waals surface area contributed by atoms with Crippen LogP contribution in [0.25, 0.3) is 77.7 Å². The van der Waals surface area contributed by atoms with Crippen molar-refractivity contribution in [3.8, 4) is 22.3 Å². The number of allylic oxidation sites excluding steroid dienone is 14. The van der Waals surface area contributed by atoms with Crippen molar-refractivity contribution in [1.82, 2.24) is 0 Å². The van der Waals surface area contributed by atoms with E-state index in [1.807, 2.05) is 0 Å². The predicted octanol–water partition coefficient (Wildman–Crippen LogP) is 14.3. The molecular weight excluding hydrogens is 745 g/mol. The van der Waals surface area contributed by atoms with E-state index in [0.29, 0.717) is 5.92 Å². The maximum Gasteiger partial charge on any atom is 0.0206 e. The van der Waals surface area contributed by atoms with E-state index in [-0.39, 0.29) is 11.8 Å². The predicted molar refractivity (Wildman–Crippen MR) is 261 cm³/mol. The molecule has 0 heterocycles. The maximum absolute atomic E-state index is 2.67. The quantitative estimate of drug-likeness (QED) is 0.156. The van der Waals surface area contributed by atoms with Gasteiger partial charge in [-0.05, 0) is 165 Å². The first kappa shape index (κ1) is 34.7. The number of fused-ring (bicyclic) bond motifs is 9. The highest BCUT2D eigenvalue weighted by Crippen LogP contribution is 2.64. The van der Waals surface area contributed by atoms with Crippen LogP contribution in [-0.2, 0) is 0 Å². The number of hydrogen-bond acceptors (Lipinski definition) is 0. The normalized spacial score (nSPS) is 21.2. The Morgan fingerprint density at radius 1 is 0.565 bits per heavy atom. The molecule has 0 bridgehead atoms. The third-order valence-corrected chi connectivity index (χ3v) is 15.3. The standard InChI is InChI=1S/C62H44/c1-4-16-37(17-5-1)44-33-32-38-18-10-11-23-43(38)55(44)42-31-30-41-34-53-59-48(51(41)35-42)27-15-29-50(59)61-56(39-19-6-2-7-20-39)54-36-52-46-25-13-12-24-45(46)47-26-14-28-49(58(47)52)60(54)57(62(53)61)40-21-8-3-9-22-40/h1-12,14-24,26-29,32,34-36,44,48,59H,13,25,30-31,33H2. The van der Waals surface area contributed by atoms with E-state index < -0.39 is 0 Å². The molecule has 3 atom stereocenters.